The molecule has 6 heteroatoms. The number of aromatic nitrogens is 2. The fourth-order valence-corrected chi connectivity index (χ4v) is 1.67. The Morgan fingerprint density at radius 2 is 2.31 bits per heavy atom. The highest BCUT2D eigenvalue weighted by molar-refractivity contribution is 5.28. The van der Waals surface area contributed by atoms with Gasteiger partial charge in [0.1, 0.15) is 0 Å². The number of hydrogen-bond donors (Lipinski definition) is 2. The van der Waals surface area contributed by atoms with Crippen LogP contribution in [-0.2, 0) is 11.3 Å². The average molecular weight is 228 g/mol. The number of nitrogens with one attached hydrogen (secondary N) is 1. The Bertz CT molecular complexity index is 292. The molecule has 1 aromatic heterocycles. The lowest BCUT2D eigenvalue weighted by Crippen LogP contribution is -2.31. The SMILES string of the molecule is CCn1ncc(OC)c1C(CCOC)NN. The molecule has 0 aliphatic carbocycles. The highest BCUT2D eigenvalue weighted by atomic mass is 16.5. The van der Waals surface area contributed by atoms with Gasteiger partial charge in [0.05, 0.1) is 25.0 Å². The van der Waals surface area contributed by atoms with Crippen molar-refractivity contribution in [3.05, 3.63) is 11.9 Å². The van der Waals surface area contributed by atoms with Gasteiger partial charge in [-0.05, 0) is 13.3 Å². The van der Waals surface area contributed by atoms with Crippen LogP contribution in [0.3, 0.4) is 0 Å². The summed E-state index contributed by atoms with van der Waals surface area (Å²) < 4.78 is 12.2. The fraction of sp³-hybridized carbons (Fsp3) is 0.700. The van der Waals surface area contributed by atoms with Gasteiger partial charge in [0.25, 0.3) is 0 Å². The summed E-state index contributed by atoms with van der Waals surface area (Å²) >= 11 is 0. The second-order valence-corrected chi connectivity index (χ2v) is 3.41. The van der Waals surface area contributed by atoms with Crippen LogP contribution in [-0.4, -0.2) is 30.6 Å². The molecule has 0 saturated carbocycles. The van der Waals surface area contributed by atoms with Crippen LogP contribution in [0.5, 0.6) is 5.75 Å². The standard InChI is InChI=1S/C10H20N4O2/c1-4-14-10(9(16-3)7-12-14)8(13-11)5-6-15-2/h7-8,13H,4-6,11H2,1-3H3. The van der Waals surface area contributed by atoms with Crippen LogP contribution in [0, 0.1) is 0 Å². The lowest BCUT2D eigenvalue weighted by Gasteiger charge is -2.18. The number of nitrogens with zero attached hydrogens (tertiary/aromatic N) is 2. The van der Waals surface area contributed by atoms with Gasteiger partial charge in [-0.25, -0.2) is 0 Å². The molecular weight excluding hydrogens is 208 g/mol. The molecule has 0 bridgehead atoms. The number of methoxy groups -OCH3 is 2. The zero-order valence-corrected chi connectivity index (χ0v) is 10.1. The van der Waals surface area contributed by atoms with Crippen molar-refractivity contribution in [2.45, 2.75) is 25.9 Å². The maximum absolute atomic E-state index is 5.55. The van der Waals surface area contributed by atoms with Gasteiger partial charge in [-0.3, -0.25) is 16.0 Å². The smallest absolute Gasteiger partial charge is 0.161 e. The number of rotatable bonds is 7. The first-order chi connectivity index (χ1) is 7.78. The summed E-state index contributed by atoms with van der Waals surface area (Å²) in [5.74, 6) is 6.30. The summed E-state index contributed by atoms with van der Waals surface area (Å²) in [6.45, 7) is 3.44. The summed E-state index contributed by atoms with van der Waals surface area (Å²) in [5.41, 5.74) is 3.73. The Morgan fingerprint density at radius 3 is 2.81 bits per heavy atom. The van der Waals surface area contributed by atoms with E-state index in [2.05, 4.69) is 10.5 Å². The van der Waals surface area contributed by atoms with Crippen molar-refractivity contribution < 1.29 is 9.47 Å². The Kier molecular flexibility index (Phi) is 5.24. The average Bonchev–Trinajstić information content (AvgIpc) is 2.73. The highest BCUT2D eigenvalue weighted by Crippen LogP contribution is 2.26. The van der Waals surface area contributed by atoms with Crippen LogP contribution < -0.4 is 16.0 Å². The maximum atomic E-state index is 5.55. The van der Waals surface area contributed by atoms with Crippen molar-refractivity contribution >= 4 is 0 Å². The minimum absolute atomic E-state index is 0.0163. The third-order valence-electron chi connectivity index (χ3n) is 2.51. The van der Waals surface area contributed by atoms with E-state index in [9.17, 15) is 0 Å². The van der Waals surface area contributed by atoms with E-state index < -0.39 is 0 Å². The third-order valence-corrected chi connectivity index (χ3v) is 2.51. The van der Waals surface area contributed by atoms with Crippen molar-refractivity contribution in [1.29, 1.82) is 0 Å². The Hall–Kier alpha value is -1.11. The number of hydrogen-bond acceptors (Lipinski definition) is 5. The zero-order chi connectivity index (χ0) is 12.0. The first-order valence-electron chi connectivity index (χ1n) is 5.33. The third kappa shape index (κ3) is 2.72. The molecule has 0 spiro atoms. The van der Waals surface area contributed by atoms with Crippen molar-refractivity contribution in [3.63, 3.8) is 0 Å². The summed E-state index contributed by atoms with van der Waals surface area (Å²) in [6, 6.07) is -0.0163. The number of aryl methyl sites for hydroxylation is 1. The minimum atomic E-state index is -0.0163. The molecule has 0 aliphatic heterocycles. The highest BCUT2D eigenvalue weighted by Gasteiger charge is 2.20. The van der Waals surface area contributed by atoms with Crippen LogP contribution >= 0.6 is 0 Å². The normalized spacial score (nSPS) is 12.8. The zero-order valence-electron chi connectivity index (χ0n) is 10.1. The Morgan fingerprint density at radius 1 is 1.56 bits per heavy atom. The molecule has 6 nitrogen and oxygen atoms in total. The van der Waals surface area contributed by atoms with Gasteiger partial charge in [0, 0.05) is 20.3 Å². The van der Waals surface area contributed by atoms with E-state index in [1.54, 1.807) is 20.4 Å². The van der Waals surface area contributed by atoms with Gasteiger partial charge in [-0.1, -0.05) is 0 Å². The topological polar surface area (TPSA) is 74.3 Å². The quantitative estimate of drug-likeness (QED) is 0.523. The molecule has 1 aromatic rings. The van der Waals surface area contributed by atoms with Crippen LogP contribution in [0.15, 0.2) is 6.20 Å². The summed E-state index contributed by atoms with van der Waals surface area (Å²) in [6.07, 6.45) is 2.48. The van der Waals surface area contributed by atoms with Crippen LogP contribution in [0.25, 0.3) is 0 Å². The van der Waals surface area contributed by atoms with Gasteiger partial charge in [0.15, 0.2) is 5.75 Å². The molecule has 16 heavy (non-hydrogen) atoms. The second-order valence-electron chi connectivity index (χ2n) is 3.41. The predicted octanol–water partition coefficient (Wildman–Crippen LogP) is 0.453. The van der Waals surface area contributed by atoms with E-state index in [1.165, 1.54) is 0 Å². The van der Waals surface area contributed by atoms with E-state index in [0.29, 0.717) is 6.61 Å². The van der Waals surface area contributed by atoms with Crippen molar-refractivity contribution in [2.24, 2.45) is 5.84 Å². The summed E-state index contributed by atoms with van der Waals surface area (Å²) in [4.78, 5) is 0. The van der Waals surface area contributed by atoms with E-state index in [0.717, 1.165) is 24.4 Å². The molecule has 1 atom stereocenters. The molecular formula is C10H20N4O2. The van der Waals surface area contributed by atoms with Crippen molar-refractivity contribution in [3.8, 4) is 5.75 Å². The van der Waals surface area contributed by atoms with Crippen LogP contribution in [0.1, 0.15) is 25.1 Å². The van der Waals surface area contributed by atoms with Gasteiger partial charge in [0.2, 0.25) is 0 Å². The second kappa shape index (κ2) is 6.47. The lowest BCUT2D eigenvalue weighted by atomic mass is 10.1. The maximum Gasteiger partial charge on any atom is 0.161 e. The largest absolute Gasteiger partial charge is 0.493 e. The van der Waals surface area contributed by atoms with Crippen molar-refractivity contribution in [2.75, 3.05) is 20.8 Å². The molecule has 1 unspecified atom stereocenters. The molecule has 0 fully saturated rings. The van der Waals surface area contributed by atoms with Gasteiger partial charge in [-0.2, -0.15) is 5.10 Å². The molecule has 1 rings (SSSR count). The van der Waals surface area contributed by atoms with Gasteiger partial charge >= 0.3 is 0 Å². The van der Waals surface area contributed by atoms with Crippen molar-refractivity contribution in [1.82, 2.24) is 15.2 Å². The molecule has 0 aromatic carbocycles. The minimum Gasteiger partial charge on any atom is -0.493 e. The number of ether oxygens (including phenoxy) is 2. The first-order valence-corrected chi connectivity index (χ1v) is 5.33. The Balaban J connectivity index is 2.91. The molecule has 1 heterocycles. The summed E-state index contributed by atoms with van der Waals surface area (Å²) in [5, 5.41) is 4.24. The van der Waals surface area contributed by atoms with Gasteiger partial charge < -0.3 is 9.47 Å². The van der Waals surface area contributed by atoms with E-state index in [-0.39, 0.29) is 6.04 Å². The Labute approximate surface area is 95.7 Å². The molecule has 0 amide bonds. The summed E-state index contributed by atoms with van der Waals surface area (Å²) in [7, 11) is 3.30. The predicted molar refractivity (Wildman–Crippen MR) is 61.0 cm³/mol. The number of nitrogens with two attached hydrogens (primary N) is 1. The van der Waals surface area contributed by atoms with Crippen LogP contribution in [0.2, 0.25) is 0 Å². The van der Waals surface area contributed by atoms with E-state index in [4.69, 9.17) is 15.3 Å². The van der Waals surface area contributed by atoms with E-state index in [1.807, 2.05) is 11.6 Å². The molecule has 92 valence electrons. The van der Waals surface area contributed by atoms with Gasteiger partial charge in [-0.15, -0.1) is 0 Å². The molecule has 0 saturated heterocycles. The number of hydrazine groups is 1. The monoisotopic (exact) mass is 228 g/mol. The lowest BCUT2D eigenvalue weighted by molar-refractivity contribution is 0.181. The van der Waals surface area contributed by atoms with E-state index >= 15 is 0 Å². The van der Waals surface area contributed by atoms with Crippen LogP contribution in [0.4, 0.5) is 0 Å². The first kappa shape index (κ1) is 13.0. The fourth-order valence-electron chi connectivity index (χ4n) is 1.67. The molecule has 0 aliphatic rings. The molecule has 3 N–H and O–H groups in total. The molecule has 0 radical (unpaired) electrons.